The molecule has 1 unspecified atom stereocenters. The lowest BCUT2D eigenvalue weighted by atomic mass is 10.2. The highest BCUT2D eigenvalue weighted by atomic mass is 28.4. The van der Waals surface area contributed by atoms with Crippen LogP contribution >= 0.6 is 0 Å². The summed E-state index contributed by atoms with van der Waals surface area (Å²) in [6.45, 7) is 5.73. The molecule has 0 spiro atoms. The summed E-state index contributed by atoms with van der Waals surface area (Å²) in [5.41, 5.74) is 0. The summed E-state index contributed by atoms with van der Waals surface area (Å²) in [5.74, 6) is 0. The van der Waals surface area contributed by atoms with Crippen LogP contribution in [0.5, 0.6) is 0 Å². The smallest absolute Gasteiger partial charge is 0.390 e. The zero-order chi connectivity index (χ0) is 11.1. The number of unbranched alkanes of at least 4 members (excludes halogenated alkanes) is 1. The van der Waals surface area contributed by atoms with Crippen LogP contribution < -0.4 is 0 Å². The van der Waals surface area contributed by atoms with Crippen molar-refractivity contribution in [3.63, 3.8) is 0 Å². The van der Waals surface area contributed by atoms with Crippen molar-refractivity contribution < 1.29 is 18.4 Å². The summed E-state index contributed by atoms with van der Waals surface area (Å²) in [7, 11) is -2.84. The Morgan fingerprint density at radius 1 is 1.27 bits per heavy atom. The van der Waals surface area contributed by atoms with E-state index in [0.717, 1.165) is 25.9 Å². The molecule has 0 amide bonds. The normalized spacial score (nSPS) is 20.6. The molecule has 15 heavy (non-hydrogen) atoms. The van der Waals surface area contributed by atoms with Crippen LogP contribution in [0.1, 0.15) is 33.1 Å². The standard InChI is InChI=1S/C10H22O4Si/c1-3-13-15(11,14-4-2)8-6-5-7-10-9-12-10/h10-11H,3-9H2,1-2H3. The topological polar surface area (TPSA) is 51.2 Å². The van der Waals surface area contributed by atoms with E-state index in [9.17, 15) is 4.80 Å². The molecule has 1 N–H and O–H groups in total. The van der Waals surface area contributed by atoms with E-state index >= 15 is 0 Å². The second kappa shape index (κ2) is 6.60. The molecule has 0 aromatic carbocycles. The second-order valence-corrected chi connectivity index (χ2v) is 6.28. The Hall–Kier alpha value is 0.0569. The van der Waals surface area contributed by atoms with Gasteiger partial charge < -0.3 is 18.4 Å². The number of epoxide rings is 1. The third-order valence-corrected chi connectivity index (χ3v) is 4.88. The largest absolute Gasteiger partial charge is 0.498 e. The first-order valence-corrected chi connectivity index (χ1v) is 7.79. The van der Waals surface area contributed by atoms with Crippen molar-refractivity contribution in [2.45, 2.75) is 45.3 Å². The van der Waals surface area contributed by atoms with Gasteiger partial charge in [0.25, 0.3) is 0 Å². The average Bonchev–Trinajstić information content (AvgIpc) is 2.97. The Balaban J connectivity index is 2.11. The zero-order valence-electron chi connectivity index (χ0n) is 9.70. The lowest BCUT2D eigenvalue weighted by Gasteiger charge is -2.22. The first kappa shape index (κ1) is 13.1. The van der Waals surface area contributed by atoms with Crippen LogP contribution in [0.4, 0.5) is 0 Å². The molecule has 1 aliphatic rings. The van der Waals surface area contributed by atoms with Gasteiger partial charge in [-0.1, -0.05) is 6.42 Å². The van der Waals surface area contributed by atoms with Gasteiger partial charge in [0.05, 0.1) is 12.7 Å². The van der Waals surface area contributed by atoms with Crippen LogP contribution in [0.25, 0.3) is 0 Å². The van der Waals surface area contributed by atoms with Crippen LogP contribution in [0.15, 0.2) is 0 Å². The Labute approximate surface area is 92.9 Å². The minimum absolute atomic E-state index is 0.485. The minimum atomic E-state index is -2.84. The van der Waals surface area contributed by atoms with E-state index in [1.54, 1.807) is 0 Å². The van der Waals surface area contributed by atoms with Crippen molar-refractivity contribution in [1.29, 1.82) is 0 Å². The van der Waals surface area contributed by atoms with E-state index in [1.807, 2.05) is 13.8 Å². The summed E-state index contributed by atoms with van der Waals surface area (Å²) in [6, 6.07) is 0.668. The third-order valence-electron chi connectivity index (χ3n) is 2.41. The SMILES string of the molecule is CCO[Si](O)(CCCCC1CO1)OCC. The number of hydrogen-bond donors (Lipinski definition) is 1. The number of rotatable bonds is 9. The molecular weight excluding hydrogens is 212 g/mol. The van der Waals surface area contributed by atoms with Gasteiger partial charge in [0.2, 0.25) is 0 Å². The highest BCUT2D eigenvalue weighted by molar-refractivity contribution is 6.59. The van der Waals surface area contributed by atoms with Gasteiger partial charge in [-0.15, -0.1) is 0 Å². The van der Waals surface area contributed by atoms with Gasteiger partial charge in [-0.25, -0.2) is 0 Å². The van der Waals surface area contributed by atoms with Crippen molar-refractivity contribution in [3.05, 3.63) is 0 Å². The van der Waals surface area contributed by atoms with Gasteiger partial charge in [0.15, 0.2) is 0 Å². The Morgan fingerprint density at radius 2 is 1.87 bits per heavy atom. The highest BCUT2D eigenvalue weighted by Gasteiger charge is 2.35. The maximum atomic E-state index is 10.1. The molecule has 1 fully saturated rings. The van der Waals surface area contributed by atoms with Crippen molar-refractivity contribution in [3.8, 4) is 0 Å². The molecule has 1 aliphatic heterocycles. The Bertz CT molecular complexity index is 167. The molecule has 0 aliphatic carbocycles. The number of hydrogen-bond acceptors (Lipinski definition) is 4. The monoisotopic (exact) mass is 234 g/mol. The van der Waals surface area contributed by atoms with Crippen LogP contribution in [0.3, 0.4) is 0 Å². The molecule has 0 radical (unpaired) electrons. The van der Waals surface area contributed by atoms with Crippen LogP contribution in [0, 0.1) is 0 Å². The fraction of sp³-hybridized carbons (Fsp3) is 1.00. The zero-order valence-corrected chi connectivity index (χ0v) is 10.7. The van der Waals surface area contributed by atoms with E-state index in [-0.39, 0.29) is 0 Å². The molecule has 4 nitrogen and oxygen atoms in total. The van der Waals surface area contributed by atoms with Crippen molar-refractivity contribution in [1.82, 2.24) is 0 Å². The summed E-state index contributed by atoms with van der Waals surface area (Å²) in [5, 5.41) is 0. The fourth-order valence-electron chi connectivity index (χ4n) is 1.59. The summed E-state index contributed by atoms with van der Waals surface area (Å²) in [6.07, 6.45) is 3.63. The van der Waals surface area contributed by atoms with E-state index in [0.29, 0.717) is 25.4 Å². The van der Waals surface area contributed by atoms with Gasteiger partial charge in [-0.05, 0) is 26.7 Å². The van der Waals surface area contributed by atoms with Crippen molar-refractivity contribution >= 4 is 8.80 Å². The lowest BCUT2D eigenvalue weighted by Crippen LogP contribution is -2.42. The third kappa shape index (κ3) is 5.63. The van der Waals surface area contributed by atoms with E-state index in [4.69, 9.17) is 13.6 Å². The quantitative estimate of drug-likeness (QED) is 0.374. The predicted octanol–water partition coefficient (Wildman–Crippen LogP) is 1.56. The molecule has 1 atom stereocenters. The highest BCUT2D eigenvalue weighted by Crippen LogP contribution is 2.20. The van der Waals surface area contributed by atoms with E-state index < -0.39 is 8.80 Å². The maximum absolute atomic E-state index is 10.1. The number of ether oxygens (including phenoxy) is 1. The molecular formula is C10H22O4Si. The summed E-state index contributed by atoms with van der Waals surface area (Å²) >= 11 is 0. The lowest BCUT2D eigenvalue weighted by molar-refractivity contribution is 0.107. The molecule has 1 rings (SSSR count). The van der Waals surface area contributed by atoms with Gasteiger partial charge in [-0.3, -0.25) is 0 Å². The molecule has 1 heterocycles. The summed E-state index contributed by atoms with van der Waals surface area (Å²) < 4.78 is 15.8. The molecule has 0 aromatic rings. The van der Waals surface area contributed by atoms with Crippen LogP contribution in [-0.4, -0.2) is 39.5 Å². The van der Waals surface area contributed by atoms with Crippen LogP contribution in [0.2, 0.25) is 6.04 Å². The molecule has 5 heteroatoms. The average molecular weight is 234 g/mol. The van der Waals surface area contributed by atoms with Crippen LogP contribution in [-0.2, 0) is 13.6 Å². The molecule has 1 saturated heterocycles. The first-order chi connectivity index (χ1) is 7.20. The minimum Gasteiger partial charge on any atom is -0.390 e. The van der Waals surface area contributed by atoms with E-state index in [2.05, 4.69) is 0 Å². The van der Waals surface area contributed by atoms with Gasteiger partial charge in [0, 0.05) is 19.3 Å². The first-order valence-electron chi connectivity index (χ1n) is 5.82. The predicted molar refractivity (Wildman–Crippen MR) is 59.6 cm³/mol. The van der Waals surface area contributed by atoms with Gasteiger partial charge in [0.1, 0.15) is 0 Å². The summed E-state index contributed by atoms with van der Waals surface area (Å²) in [4.78, 5) is 10.1. The van der Waals surface area contributed by atoms with Gasteiger partial charge in [-0.2, -0.15) is 0 Å². The Kier molecular flexibility index (Phi) is 5.77. The van der Waals surface area contributed by atoms with Gasteiger partial charge >= 0.3 is 8.80 Å². The molecule has 90 valence electrons. The molecule has 0 bridgehead atoms. The Morgan fingerprint density at radius 3 is 2.33 bits per heavy atom. The fourth-order valence-corrected chi connectivity index (χ4v) is 3.56. The second-order valence-electron chi connectivity index (χ2n) is 3.78. The van der Waals surface area contributed by atoms with Crippen molar-refractivity contribution in [2.75, 3.05) is 19.8 Å². The van der Waals surface area contributed by atoms with Crippen molar-refractivity contribution in [2.24, 2.45) is 0 Å². The molecule has 0 aromatic heterocycles. The molecule has 0 saturated carbocycles. The van der Waals surface area contributed by atoms with E-state index in [1.165, 1.54) is 0 Å². The maximum Gasteiger partial charge on any atom is 0.498 e.